The maximum absolute atomic E-state index is 13.2. The topological polar surface area (TPSA) is 46.3 Å². The van der Waals surface area contributed by atoms with Crippen LogP contribution in [-0.4, -0.2) is 30.4 Å². The quantitative estimate of drug-likeness (QED) is 0.850. The molecule has 1 aromatic carbocycles. The maximum Gasteiger partial charge on any atom is 0.255 e. The van der Waals surface area contributed by atoms with Crippen molar-refractivity contribution in [1.29, 1.82) is 0 Å². The van der Waals surface area contributed by atoms with Gasteiger partial charge >= 0.3 is 0 Å². The summed E-state index contributed by atoms with van der Waals surface area (Å²) < 4.78 is 26.2. The molecule has 1 amide bonds. The molecule has 1 aromatic rings. The number of carbonyl (C=O) groups is 1. The number of hydrogen-bond donors (Lipinski definition) is 1. The van der Waals surface area contributed by atoms with E-state index in [2.05, 4.69) is 0 Å². The fraction of sp³-hybridized carbons (Fsp3) is 0.462. The Labute approximate surface area is 127 Å². The first-order valence-corrected chi connectivity index (χ1v) is 6.38. The predicted molar refractivity (Wildman–Crippen MR) is 76.3 cm³/mol. The van der Waals surface area contributed by atoms with Gasteiger partial charge in [-0.25, -0.2) is 8.78 Å². The zero-order chi connectivity index (χ0) is 14.2. The summed E-state index contributed by atoms with van der Waals surface area (Å²) in [6.07, 6.45) is 0.788. The van der Waals surface area contributed by atoms with Crippen molar-refractivity contribution in [2.75, 3.05) is 19.6 Å². The van der Waals surface area contributed by atoms with E-state index < -0.39 is 11.6 Å². The molecule has 1 unspecified atom stereocenters. The van der Waals surface area contributed by atoms with E-state index in [1.165, 1.54) is 0 Å². The van der Waals surface area contributed by atoms with Crippen LogP contribution in [0.2, 0.25) is 5.02 Å². The van der Waals surface area contributed by atoms with E-state index in [-0.39, 0.29) is 34.3 Å². The Bertz CT molecular complexity index is 527. The Morgan fingerprint density at radius 1 is 1.45 bits per heavy atom. The molecule has 1 fully saturated rings. The molecule has 1 aliphatic heterocycles. The molecule has 112 valence electrons. The average molecular weight is 325 g/mol. The fourth-order valence-electron chi connectivity index (χ4n) is 2.22. The largest absolute Gasteiger partial charge is 0.338 e. The molecular formula is C13H16Cl2F2N2O. The summed E-state index contributed by atoms with van der Waals surface area (Å²) >= 11 is 5.80. The highest BCUT2D eigenvalue weighted by molar-refractivity contribution is 6.33. The second-order valence-corrected chi connectivity index (χ2v) is 5.64. The van der Waals surface area contributed by atoms with E-state index in [1.807, 2.05) is 6.92 Å². The minimum Gasteiger partial charge on any atom is -0.338 e. The van der Waals surface area contributed by atoms with E-state index in [0.29, 0.717) is 19.6 Å². The van der Waals surface area contributed by atoms with Gasteiger partial charge in [0.1, 0.15) is 0 Å². The third-order valence-electron chi connectivity index (χ3n) is 3.58. The summed E-state index contributed by atoms with van der Waals surface area (Å²) in [4.78, 5) is 13.8. The molecular weight excluding hydrogens is 309 g/mol. The molecule has 1 saturated heterocycles. The Morgan fingerprint density at radius 2 is 2.05 bits per heavy atom. The Balaban J connectivity index is 0.00000200. The van der Waals surface area contributed by atoms with Gasteiger partial charge in [-0.3, -0.25) is 4.79 Å². The van der Waals surface area contributed by atoms with E-state index in [1.54, 1.807) is 4.90 Å². The van der Waals surface area contributed by atoms with Crippen LogP contribution in [-0.2, 0) is 0 Å². The second kappa shape index (κ2) is 6.24. The van der Waals surface area contributed by atoms with Crippen molar-refractivity contribution in [3.63, 3.8) is 0 Å². The highest BCUT2D eigenvalue weighted by Gasteiger charge is 2.35. The number of carbonyl (C=O) groups excluding carboxylic acids is 1. The Hall–Kier alpha value is -0.910. The van der Waals surface area contributed by atoms with Crippen molar-refractivity contribution in [3.8, 4) is 0 Å². The fourth-order valence-corrected chi connectivity index (χ4v) is 2.45. The third-order valence-corrected chi connectivity index (χ3v) is 3.89. The van der Waals surface area contributed by atoms with Gasteiger partial charge < -0.3 is 10.6 Å². The van der Waals surface area contributed by atoms with Gasteiger partial charge in [0, 0.05) is 13.1 Å². The minimum absolute atomic E-state index is 0. The number of halogens is 4. The van der Waals surface area contributed by atoms with Crippen LogP contribution >= 0.6 is 24.0 Å². The highest BCUT2D eigenvalue weighted by atomic mass is 35.5. The van der Waals surface area contributed by atoms with Crippen molar-refractivity contribution in [2.24, 2.45) is 11.1 Å². The van der Waals surface area contributed by atoms with Crippen molar-refractivity contribution < 1.29 is 13.6 Å². The summed E-state index contributed by atoms with van der Waals surface area (Å²) in [6, 6.07) is 1.67. The number of likely N-dealkylation sites (tertiary alicyclic amines) is 1. The lowest BCUT2D eigenvalue weighted by Gasteiger charge is -2.22. The van der Waals surface area contributed by atoms with E-state index in [4.69, 9.17) is 17.3 Å². The van der Waals surface area contributed by atoms with Gasteiger partial charge in [-0.1, -0.05) is 18.5 Å². The lowest BCUT2D eigenvalue weighted by Crippen LogP contribution is -2.34. The van der Waals surface area contributed by atoms with Gasteiger partial charge in [0.05, 0.1) is 10.6 Å². The van der Waals surface area contributed by atoms with Crippen LogP contribution in [0.1, 0.15) is 23.7 Å². The molecule has 0 aliphatic carbocycles. The molecule has 2 N–H and O–H groups in total. The molecule has 1 atom stereocenters. The maximum atomic E-state index is 13.2. The van der Waals surface area contributed by atoms with Crippen molar-refractivity contribution in [2.45, 2.75) is 13.3 Å². The number of benzene rings is 1. The van der Waals surface area contributed by atoms with Gasteiger partial charge in [0.15, 0.2) is 11.6 Å². The van der Waals surface area contributed by atoms with Gasteiger partial charge in [-0.15, -0.1) is 12.4 Å². The van der Waals surface area contributed by atoms with Crippen LogP contribution in [0.15, 0.2) is 12.1 Å². The van der Waals surface area contributed by atoms with Crippen LogP contribution in [0, 0.1) is 17.0 Å². The molecule has 1 heterocycles. The Kier molecular flexibility index (Phi) is 5.35. The van der Waals surface area contributed by atoms with Crippen molar-refractivity contribution in [3.05, 3.63) is 34.4 Å². The molecule has 2 rings (SSSR count). The number of nitrogens with zero attached hydrogens (tertiary/aromatic N) is 1. The predicted octanol–water partition coefficient (Wildman–Crippen LogP) is 2.85. The van der Waals surface area contributed by atoms with Crippen molar-refractivity contribution in [1.82, 2.24) is 4.90 Å². The van der Waals surface area contributed by atoms with Gasteiger partial charge in [-0.2, -0.15) is 0 Å². The molecule has 0 bridgehead atoms. The highest BCUT2D eigenvalue weighted by Crippen LogP contribution is 2.31. The summed E-state index contributed by atoms with van der Waals surface area (Å²) in [5.41, 5.74) is 5.53. The van der Waals surface area contributed by atoms with Crippen LogP contribution in [0.5, 0.6) is 0 Å². The molecule has 0 radical (unpaired) electrons. The number of rotatable bonds is 2. The molecule has 0 saturated carbocycles. The monoisotopic (exact) mass is 324 g/mol. The molecule has 1 aliphatic rings. The van der Waals surface area contributed by atoms with Crippen LogP contribution in [0.4, 0.5) is 8.78 Å². The van der Waals surface area contributed by atoms with Crippen LogP contribution in [0.3, 0.4) is 0 Å². The van der Waals surface area contributed by atoms with Gasteiger partial charge in [0.25, 0.3) is 5.91 Å². The zero-order valence-corrected chi connectivity index (χ0v) is 12.5. The van der Waals surface area contributed by atoms with E-state index in [9.17, 15) is 13.6 Å². The SMILES string of the molecule is CC1(CN)CCN(C(=O)c2cc(F)c(F)cc2Cl)C1.Cl. The smallest absolute Gasteiger partial charge is 0.255 e. The molecule has 20 heavy (non-hydrogen) atoms. The number of nitrogens with two attached hydrogens (primary N) is 1. The molecule has 7 heteroatoms. The third kappa shape index (κ3) is 3.22. The normalized spacial score (nSPS) is 21.8. The summed E-state index contributed by atoms with van der Waals surface area (Å²) in [7, 11) is 0. The lowest BCUT2D eigenvalue weighted by atomic mass is 9.90. The van der Waals surface area contributed by atoms with Crippen molar-refractivity contribution >= 4 is 29.9 Å². The summed E-state index contributed by atoms with van der Waals surface area (Å²) in [5, 5.41) is -0.0785. The summed E-state index contributed by atoms with van der Waals surface area (Å²) in [6.45, 7) is 3.51. The first-order chi connectivity index (χ1) is 8.86. The Morgan fingerprint density at radius 3 is 2.60 bits per heavy atom. The van der Waals surface area contributed by atoms with Gasteiger partial charge in [-0.05, 0) is 30.5 Å². The second-order valence-electron chi connectivity index (χ2n) is 5.24. The molecule has 3 nitrogen and oxygen atoms in total. The summed E-state index contributed by atoms with van der Waals surface area (Å²) in [5.74, 6) is -2.52. The van der Waals surface area contributed by atoms with E-state index >= 15 is 0 Å². The number of hydrogen-bond acceptors (Lipinski definition) is 2. The molecule has 0 aromatic heterocycles. The molecule has 0 spiro atoms. The lowest BCUT2D eigenvalue weighted by molar-refractivity contribution is 0.0776. The number of amides is 1. The van der Waals surface area contributed by atoms with Gasteiger partial charge in [0.2, 0.25) is 0 Å². The van der Waals surface area contributed by atoms with E-state index in [0.717, 1.165) is 18.6 Å². The first kappa shape index (κ1) is 17.1. The van der Waals surface area contributed by atoms with Crippen LogP contribution in [0.25, 0.3) is 0 Å². The average Bonchev–Trinajstić information content (AvgIpc) is 2.77. The minimum atomic E-state index is -1.08. The van der Waals surface area contributed by atoms with Crippen LogP contribution < -0.4 is 5.73 Å². The zero-order valence-electron chi connectivity index (χ0n) is 11.0. The standard InChI is InChI=1S/C13H15ClF2N2O.ClH/c1-13(6-17)2-3-18(7-13)12(19)8-4-10(15)11(16)5-9(8)14;/h4-5H,2-3,6-7,17H2,1H3;1H. The first-order valence-electron chi connectivity index (χ1n) is 6.00.